The molecular weight excluding hydrogens is 290 g/mol. The summed E-state index contributed by atoms with van der Waals surface area (Å²) in [4.78, 5) is 12.6. The molecule has 2 aromatic carbocycles. The molecule has 4 nitrogen and oxygen atoms in total. The Labute approximate surface area is 137 Å². The van der Waals surface area contributed by atoms with Gasteiger partial charge in [-0.05, 0) is 42.7 Å². The van der Waals surface area contributed by atoms with Crippen LogP contribution in [0.4, 0.5) is 5.69 Å². The van der Waals surface area contributed by atoms with Crippen LogP contribution in [0.15, 0.2) is 42.5 Å². The number of aryl methyl sites for hydroxylation is 1. The zero-order chi connectivity index (χ0) is 16.7. The predicted molar refractivity (Wildman–Crippen MR) is 92.6 cm³/mol. The summed E-state index contributed by atoms with van der Waals surface area (Å²) in [5.41, 5.74) is 2.43. The third-order valence-corrected chi connectivity index (χ3v) is 3.69. The average Bonchev–Trinajstić information content (AvgIpc) is 2.60. The van der Waals surface area contributed by atoms with Gasteiger partial charge in [0.2, 0.25) is 0 Å². The van der Waals surface area contributed by atoms with E-state index in [1.54, 1.807) is 18.2 Å². The molecular formula is C19H23NO3. The monoisotopic (exact) mass is 313 g/mol. The Morgan fingerprint density at radius 1 is 1.00 bits per heavy atom. The molecule has 1 amide bonds. The number of amides is 1. The van der Waals surface area contributed by atoms with Gasteiger partial charge in [-0.1, -0.05) is 31.5 Å². The molecule has 0 aliphatic heterocycles. The number of carbonyl (C=O) groups is 1. The summed E-state index contributed by atoms with van der Waals surface area (Å²) in [5.74, 6) is 0.725. The summed E-state index contributed by atoms with van der Waals surface area (Å²) in [5, 5.41) is 2.89. The third-order valence-electron chi connectivity index (χ3n) is 3.69. The Bertz CT molecular complexity index is 628. The van der Waals surface area contributed by atoms with Crippen molar-refractivity contribution in [3.63, 3.8) is 0 Å². The van der Waals surface area contributed by atoms with Gasteiger partial charge in [0.15, 0.2) is 0 Å². The summed E-state index contributed by atoms with van der Waals surface area (Å²) < 4.78 is 10.5. The molecule has 0 aromatic heterocycles. The first kappa shape index (κ1) is 16.9. The molecule has 122 valence electrons. The summed E-state index contributed by atoms with van der Waals surface area (Å²) >= 11 is 0. The van der Waals surface area contributed by atoms with Crippen LogP contribution >= 0.6 is 0 Å². The smallest absolute Gasteiger partial charge is 0.263 e. The Hall–Kier alpha value is -2.49. The molecule has 0 aliphatic rings. The van der Waals surface area contributed by atoms with E-state index in [0.717, 1.165) is 12.1 Å². The van der Waals surface area contributed by atoms with Crippen LogP contribution in [0.5, 0.6) is 11.5 Å². The van der Waals surface area contributed by atoms with Crippen LogP contribution in [0.25, 0.3) is 0 Å². The van der Waals surface area contributed by atoms with E-state index < -0.39 is 0 Å². The Kier molecular flexibility index (Phi) is 6.03. The van der Waals surface area contributed by atoms with E-state index in [0.29, 0.717) is 17.1 Å². The minimum atomic E-state index is -0.249. The number of hydrogen-bond acceptors (Lipinski definition) is 3. The Morgan fingerprint density at radius 2 is 1.61 bits per heavy atom. The fourth-order valence-electron chi connectivity index (χ4n) is 2.40. The van der Waals surface area contributed by atoms with E-state index in [1.807, 2.05) is 24.3 Å². The van der Waals surface area contributed by atoms with Gasteiger partial charge in [-0.3, -0.25) is 4.79 Å². The molecule has 0 heterocycles. The van der Waals surface area contributed by atoms with Crippen molar-refractivity contribution in [1.82, 2.24) is 0 Å². The van der Waals surface area contributed by atoms with Crippen molar-refractivity contribution in [3.05, 3.63) is 53.6 Å². The summed E-state index contributed by atoms with van der Waals surface area (Å²) in [7, 11) is 3.07. The van der Waals surface area contributed by atoms with Gasteiger partial charge in [-0.25, -0.2) is 0 Å². The molecule has 0 radical (unpaired) electrons. The van der Waals surface area contributed by atoms with E-state index in [9.17, 15) is 4.79 Å². The zero-order valence-electron chi connectivity index (χ0n) is 13.9. The van der Waals surface area contributed by atoms with Crippen LogP contribution < -0.4 is 14.8 Å². The second-order valence-electron chi connectivity index (χ2n) is 5.29. The van der Waals surface area contributed by atoms with E-state index in [-0.39, 0.29) is 5.91 Å². The summed E-state index contributed by atoms with van der Waals surface area (Å²) in [6.07, 6.45) is 3.40. The van der Waals surface area contributed by atoms with Crippen molar-refractivity contribution in [2.45, 2.75) is 26.2 Å². The van der Waals surface area contributed by atoms with Crippen molar-refractivity contribution in [2.24, 2.45) is 0 Å². The molecule has 0 atom stereocenters. The number of rotatable bonds is 7. The maximum absolute atomic E-state index is 12.6. The molecule has 0 aliphatic carbocycles. The topological polar surface area (TPSA) is 47.6 Å². The standard InChI is InChI=1S/C19H23NO3/c1-4-5-7-14-10-12-15(13-11-14)20-19(21)18-16(22-2)8-6-9-17(18)23-3/h6,8-13H,4-5,7H2,1-3H3,(H,20,21). The Balaban J connectivity index is 2.16. The molecule has 23 heavy (non-hydrogen) atoms. The van der Waals surface area contributed by atoms with Gasteiger partial charge in [0, 0.05) is 5.69 Å². The highest BCUT2D eigenvalue weighted by Crippen LogP contribution is 2.29. The molecule has 0 unspecified atom stereocenters. The number of anilines is 1. The van der Waals surface area contributed by atoms with Gasteiger partial charge in [0.25, 0.3) is 5.91 Å². The van der Waals surface area contributed by atoms with Gasteiger partial charge in [-0.2, -0.15) is 0 Å². The van der Waals surface area contributed by atoms with Crippen LogP contribution in [0.1, 0.15) is 35.7 Å². The SMILES string of the molecule is CCCCc1ccc(NC(=O)c2c(OC)cccc2OC)cc1. The average molecular weight is 313 g/mol. The summed E-state index contributed by atoms with van der Waals surface area (Å²) in [6.45, 7) is 2.18. The van der Waals surface area contributed by atoms with Crippen LogP contribution in [0.2, 0.25) is 0 Å². The lowest BCUT2D eigenvalue weighted by Crippen LogP contribution is -2.14. The lowest BCUT2D eigenvalue weighted by molar-refractivity contribution is 0.102. The fraction of sp³-hybridized carbons (Fsp3) is 0.316. The minimum absolute atomic E-state index is 0.249. The number of ether oxygens (including phenoxy) is 2. The quantitative estimate of drug-likeness (QED) is 0.829. The van der Waals surface area contributed by atoms with Crippen LogP contribution in [0.3, 0.4) is 0 Å². The van der Waals surface area contributed by atoms with Crippen molar-refractivity contribution in [3.8, 4) is 11.5 Å². The van der Waals surface area contributed by atoms with Gasteiger partial charge >= 0.3 is 0 Å². The molecule has 0 saturated heterocycles. The largest absolute Gasteiger partial charge is 0.496 e. The van der Waals surface area contributed by atoms with E-state index in [2.05, 4.69) is 12.2 Å². The molecule has 4 heteroatoms. The number of carbonyl (C=O) groups excluding carboxylic acids is 1. The third kappa shape index (κ3) is 4.25. The molecule has 0 spiro atoms. The zero-order valence-corrected chi connectivity index (χ0v) is 13.9. The van der Waals surface area contributed by atoms with Crippen LogP contribution in [-0.2, 0) is 6.42 Å². The number of benzene rings is 2. The maximum atomic E-state index is 12.6. The molecule has 1 N–H and O–H groups in total. The highest BCUT2D eigenvalue weighted by molar-refractivity contribution is 6.08. The predicted octanol–water partition coefficient (Wildman–Crippen LogP) is 4.30. The summed E-state index contributed by atoms with van der Waals surface area (Å²) in [6, 6.07) is 13.2. The van der Waals surface area contributed by atoms with Crippen molar-refractivity contribution in [1.29, 1.82) is 0 Å². The van der Waals surface area contributed by atoms with Crippen molar-refractivity contribution >= 4 is 11.6 Å². The fourth-order valence-corrected chi connectivity index (χ4v) is 2.40. The first-order valence-corrected chi connectivity index (χ1v) is 7.80. The number of hydrogen-bond donors (Lipinski definition) is 1. The van der Waals surface area contributed by atoms with Crippen LogP contribution in [0, 0.1) is 0 Å². The van der Waals surface area contributed by atoms with Crippen molar-refractivity contribution < 1.29 is 14.3 Å². The highest BCUT2D eigenvalue weighted by Gasteiger charge is 2.18. The normalized spacial score (nSPS) is 10.2. The first-order chi connectivity index (χ1) is 11.2. The number of nitrogens with one attached hydrogen (secondary N) is 1. The van der Waals surface area contributed by atoms with E-state index in [1.165, 1.54) is 32.6 Å². The van der Waals surface area contributed by atoms with E-state index in [4.69, 9.17) is 9.47 Å². The molecule has 2 aromatic rings. The Morgan fingerprint density at radius 3 is 2.13 bits per heavy atom. The van der Waals surface area contributed by atoms with E-state index >= 15 is 0 Å². The second kappa shape index (κ2) is 8.22. The molecule has 0 fully saturated rings. The van der Waals surface area contributed by atoms with Crippen LogP contribution in [-0.4, -0.2) is 20.1 Å². The first-order valence-electron chi connectivity index (χ1n) is 7.80. The highest BCUT2D eigenvalue weighted by atomic mass is 16.5. The number of unbranched alkanes of at least 4 members (excludes halogenated alkanes) is 1. The van der Waals surface area contributed by atoms with Gasteiger partial charge in [-0.15, -0.1) is 0 Å². The van der Waals surface area contributed by atoms with Gasteiger partial charge < -0.3 is 14.8 Å². The maximum Gasteiger partial charge on any atom is 0.263 e. The van der Waals surface area contributed by atoms with Gasteiger partial charge in [0.05, 0.1) is 14.2 Å². The molecule has 2 rings (SSSR count). The molecule has 0 saturated carbocycles. The molecule has 0 bridgehead atoms. The lowest BCUT2D eigenvalue weighted by atomic mass is 10.1. The second-order valence-corrected chi connectivity index (χ2v) is 5.29. The van der Waals surface area contributed by atoms with Crippen molar-refractivity contribution in [2.75, 3.05) is 19.5 Å². The van der Waals surface area contributed by atoms with Gasteiger partial charge in [0.1, 0.15) is 17.1 Å². The number of methoxy groups -OCH3 is 2. The minimum Gasteiger partial charge on any atom is -0.496 e. The lowest BCUT2D eigenvalue weighted by Gasteiger charge is -2.13.